The topological polar surface area (TPSA) is 49.5 Å². The molecule has 1 aromatic carbocycles. The number of halogens is 2. The van der Waals surface area contributed by atoms with Crippen LogP contribution in [0.5, 0.6) is 5.75 Å². The van der Waals surface area contributed by atoms with E-state index in [-0.39, 0.29) is 24.0 Å². The molecule has 0 saturated carbocycles. The molecule has 1 aliphatic rings. The van der Waals surface area contributed by atoms with Crippen LogP contribution in [0.1, 0.15) is 24.8 Å². The number of phenols is 1. The first-order chi connectivity index (χ1) is 8.19. The molecule has 0 aliphatic carbocycles. The van der Waals surface area contributed by atoms with Gasteiger partial charge in [-0.1, -0.05) is 6.42 Å². The molecule has 1 aromatic rings. The lowest BCUT2D eigenvalue weighted by molar-refractivity contribution is 0.144. The molecule has 0 aromatic heterocycles. The van der Waals surface area contributed by atoms with Crippen LogP contribution in [0.4, 0.5) is 4.39 Å². The summed E-state index contributed by atoms with van der Waals surface area (Å²) in [7, 11) is 0. The van der Waals surface area contributed by atoms with Gasteiger partial charge in [-0.25, -0.2) is 4.39 Å². The number of benzene rings is 1. The van der Waals surface area contributed by atoms with Crippen LogP contribution in [-0.4, -0.2) is 29.1 Å². The van der Waals surface area contributed by atoms with Gasteiger partial charge in [0.1, 0.15) is 11.6 Å². The number of phenolic OH excluding ortho intramolecular Hbond substituents is 1. The summed E-state index contributed by atoms with van der Waals surface area (Å²) < 4.78 is 13.2. The number of likely N-dealkylation sites (tertiary alicyclic amines) is 1. The van der Waals surface area contributed by atoms with E-state index in [2.05, 4.69) is 4.90 Å². The fourth-order valence-electron chi connectivity index (χ4n) is 2.49. The van der Waals surface area contributed by atoms with Gasteiger partial charge in [-0.05, 0) is 37.1 Å². The van der Waals surface area contributed by atoms with Crippen molar-refractivity contribution >= 4 is 12.4 Å². The van der Waals surface area contributed by atoms with Crippen LogP contribution in [0.15, 0.2) is 18.2 Å². The molecule has 5 heteroatoms. The first-order valence-corrected chi connectivity index (χ1v) is 6.11. The molecule has 102 valence electrons. The summed E-state index contributed by atoms with van der Waals surface area (Å²) in [6, 6.07) is 4.60. The van der Waals surface area contributed by atoms with Gasteiger partial charge >= 0.3 is 0 Å². The smallest absolute Gasteiger partial charge is 0.127 e. The Morgan fingerprint density at radius 1 is 1.33 bits per heavy atom. The van der Waals surface area contributed by atoms with E-state index in [1.807, 2.05) is 0 Å². The molecule has 1 saturated heterocycles. The summed E-state index contributed by atoms with van der Waals surface area (Å²) in [5.74, 6) is -0.400. The largest absolute Gasteiger partial charge is 0.508 e. The molecular formula is C13H20ClFN2O. The van der Waals surface area contributed by atoms with Crippen molar-refractivity contribution in [1.82, 2.24) is 4.90 Å². The highest BCUT2D eigenvalue weighted by atomic mass is 35.5. The van der Waals surface area contributed by atoms with E-state index in [9.17, 15) is 9.50 Å². The Bertz CT molecular complexity index is 369. The molecular weight excluding hydrogens is 255 g/mol. The molecule has 1 atom stereocenters. The van der Waals surface area contributed by atoms with Crippen LogP contribution in [0.25, 0.3) is 0 Å². The van der Waals surface area contributed by atoms with Crippen LogP contribution >= 0.6 is 12.4 Å². The Labute approximate surface area is 113 Å². The number of nitrogens with two attached hydrogens (primary N) is 1. The fraction of sp³-hybridized carbons (Fsp3) is 0.538. The molecule has 1 aliphatic heterocycles. The van der Waals surface area contributed by atoms with Gasteiger partial charge in [0.2, 0.25) is 0 Å². The van der Waals surface area contributed by atoms with E-state index < -0.39 is 0 Å². The van der Waals surface area contributed by atoms with Crippen LogP contribution in [0.3, 0.4) is 0 Å². The van der Waals surface area contributed by atoms with Gasteiger partial charge in [0.25, 0.3) is 0 Å². The Hall–Kier alpha value is -0.840. The van der Waals surface area contributed by atoms with Gasteiger partial charge in [-0.2, -0.15) is 0 Å². The van der Waals surface area contributed by atoms with E-state index in [0.717, 1.165) is 31.0 Å². The zero-order valence-electron chi connectivity index (χ0n) is 10.3. The van der Waals surface area contributed by atoms with E-state index in [1.165, 1.54) is 12.5 Å². The Balaban J connectivity index is 0.00000162. The zero-order valence-corrected chi connectivity index (χ0v) is 11.1. The molecule has 1 unspecified atom stereocenters. The van der Waals surface area contributed by atoms with Crippen LogP contribution in [0.2, 0.25) is 0 Å². The number of rotatable bonds is 3. The number of aromatic hydroxyl groups is 1. The lowest BCUT2D eigenvalue weighted by atomic mass is 10.0. The van der Waals surface area contributed by atoms with Gasteiger partial charge in [-0.3, -0.25) is 4.90 Å². The molecule has 1 heterocycles. The third-order valence-electron chi connectivity index (χ3n) is 3.35. The van der Waals surface area contributed by atoms with Crippen molar-refractivity contribution in [2.45, 2.75) is 31.8 Å². The Morgan fingerprint density at radius 3 is 2.78 bits per heavy atom. The number of piperidine rings is 1. The maximum atomic E-state index is 13.2. The first-order valence-electron chi connectivity index (χ1n) is 6.11. The number of hydrogen-bond donors (Lipinski definition) is 2. The van der Waals surface area contributed by atoms with Crippen molar-refractivity contribution < 1.29 is 9.50 Å². The first kappa shape index (κ1) is 15.2. The summed E-state index contributed by atoms with van der Waals surface area (Å²) in [5, 5.41) is 9.36. The van der Waals surface area contributed by atoms with Crippen molar-refractivity contribution in [2.24, 2.45) is 5.73 Å². The predicted molar refractivity (Wildman–Crippen MR) is 72.4 cm³/mol. The van der Waals surface area contributed by atoms with E-state index >= 15 is 0 Å². The van der Waals surface area contributed by atoms with Gasteiger partial charge < -0.3 is 10.8 Å². The summed E-state index contributed by atoms with van der Waals surface area (Å²) >= 11 is 0. The summed E-state index contributed by atoms with van der Waals surface area (Å²) in [6.07, 6.45) is 3.49. The van der Waals surface area contributed by atoms with Gasteiger partial charge in [0.05, 0.1) is 0 Å². The van der Waals surface area contributed by atoms with Crippen molar-refractivity contribution in [2.75, 3.05) is 13.1 Å². The van der Waals surface area contributed by atoms with E-state index in [0.29, 0.717) is 19.1 Å². The molecule has 2 rings (SSSR count). The monoisotopic (exact) mass is 274 g/mol. The van der Waals surface area contributed by atoms with Crippen molar-refractivity contribution in [1.29, 1.82) is 0 Å². The van der Waals surface area contributed by atoms with Crippen LogP contribution in [0, 0.1) is 5.82 Å². The third-order valence-corrected chi connectivity index (χ3v) is 3.35. The highest BCUT2D eigenvalue weighted by Crippen LogP contribution is 2.21. The minimum Gasteiger partial charge on any atom is -0.508 e. The quantitative estimate of drug-likeness (QED) is 0.889. The van der Waals surface area contributed by atoms with Crippen molar-refractivity contribution in [3.05, 3.63) is 29.6 Å². The highest BCUT2D eigenvalue weighted by molar-refractivity contribution is 5.85. The second-order valence-corrected chi connectivity index (χ2v) is 4.67. The highest BCUT2D eigenvalue weighted by Gasteiger charge is 2.21. The molecule has 1 fully saturated rings. The minimum atomic E-state index is -0.388. The Kier molecular flexibility index (Phi) is 5.85. The van der Waals surface area contributed by atoms with Gasteiger partial charge in [0.15, 0.2) is 0 Å². The molecule has 0 spiro atoms. The zero-order chi connectivity index (χ0) is 12.3. The van der Waals surface area contributed by atoms with Crippen molar-refractivity contribution in [3.8, 4) is 5.75 Å². The van der Waals surface area contributed by atoms with Gasteiger partial charge in [-0.15, -0.1) is 12.4 Å². The molecule has 0 amide bonds. The van der Waals surface area contributed by atoms with E-state index in [4.69, 9.17) is 5.73 Å². The maximum absolute atomic E-state index is 13.2. The number of nitrogens with zero attached hydrogens (tertiary/aromatic N) is 1. The summed E-state index contributed by atoms with van der Waals surface area (Å²) in [6.45, 7) is 2.30. The predicted octanol–water partition coefficient (Wildman–Crippen LogP) is 2.27. The molecule has 0 radical (unpaired) electrons. The summed E-state index contributed by atoms with van der Waals surface area (Å²) in [4.78, 5) is 2.28. The average molecular weight is 275 g/mol. The third kappa shape index (κ3) is 3.83. The fourth-order valence-corrected chi connectivity index (χ4v) is 2.49. The molecule has 3 nitrogen and oxygen atoms in total. The SMILES string of the molecule is Cl.NCC1CCCCN1Cc1cc(O)cc(F)c1. The summed E-state index contributed by atoms with van der Waals surface area (Å²) in [5.41, 5.74) is 6.55. The second-order valence-electron chi connectivity index (χ2n) is 4.67. The number of hydrogen-bond acceptors (Lipinski definition) is 3. The normalized spacial score (nSPS) is 20.4. The van der Waals surface area contributed by atoms with Gasteiger partial charge in [0, 0.05) is 25.2 Å². The van der Waals surface area contributed by atoms with Crippen LogP contribution in [-0.2, 0) is 6.54 Å². The second kappa shape index (κ2) is 6.92. The molecule has 0 bridgehead atoms. The van der Waals surface area contributed by atoms with Crippen LogP contribution < -0.4 is 5.73 Å². The van der Waals surface area contributed by atoms with E-state index in [1.54, 1.807) is 6.07 Å². The van der Waals surface area contributed by atoms with Crippen molar-refractivity contribution in [3.63, 3.8) is 0 Å². The maximum Gasteiger partial charge on any atom is 0.127 e. The minimum absolute atomic E-state index is 0. The molecule has 18 heavy (non-hydrogen) atoms. The lowest BCUT2D eigenvalue weighted by Crippen LogP contribution is -2.43. The average Bonchev–Trinajstić information content (AvgIpc) is 2.28. The standard InChI is InChI=1S/C13H19FN2O.ClH/c14-11-5-10(6-13(17)7-11)9-16-4-2-1-3-12(16)8-15;/h5-7,12,17H,1-4,8-9,15H2;1H. The lowest BCUT2D eigenvalue weighted by Gasteiger charge is -2.35. The Morgan fingerprint density at radius 2 is 2.11 bits per heavy atom. The molecule has 3 N–H and O–H groups in total.